The molecule has 4 nitrogen and oxygen atoms in total. The van der Waals surface area contributed by atoms with E-state index >= 15 is 0 Å². The van der Waals surface area contributed by atoms with Crippen molar-refractivity contribution in [2.75, 3.05) is 6.61 Å². The molecule has 3 atom stereocenters. The molecule has 0 saturated heterocycles. The van der Waals surface area contributed by atoms with Crippen LogP contribution in [0.2, 0.25) is 0 Å². The van der Waals surface area contributed by atoms with Gasteiger partial charge in [-0.25, -0.2) is 0 Å². The molecule has 1 aliphatic rings. The Morgan fingerprint density at radius 1 is 1.16 bits per heavy atom. The predicted molar refractivity (Wildman–Crippen MR) is 96.2 cm³/mol. The molecule has 25 heavy (non-hydrogen) atoms. The first-order chi connectivity index (χ1) is 12.1. The van der Waals surface area contributed by atoms with Gasteiger partial charge in [0.2, 0.25) is 0 Å². The van der Waals surface area contributed by atoms with Gasteiger partial charge in [-0.3, -0.25) is 9.59 Å². The number of aliphatic carboxylic acids is 1. The molecule has 0 heterocycles. The number of rotatable bonds is 7. The van der Waals surface area contributed by atoms with Crippen molar-refractivity contribution in [1.82, 2.24) is 0 Å². The summed E-state index contributed by atoms with van der Waals surface area (Å²) in [5, 5.41) is 11.9. The minimum atomic E-state index is -0.894. The second-order valence-electron chi connectivity index (χ2n) is 6.87. The lowest BCUT2D eigenvalue weighted by molar-refractivity contribution is -0.169. The highest BCUT2D eigenvalue weighted by Crippen LogP contribution is 2.43. The Bertz CT molecular complexity index is 767. The lowest BCUT2D eigenvalue weighted by Gasteiger charge is -2.40. The van der Waals surface area contributed by atoms with Crippen molar-refractivity contribution in [2.45, 2.75) is 32.6 Å². The molecule has 4 heteroatoms. The van der Waals surface area contributed by atoms with Gasteiger partial charge < -0.3 is 9.84 Å². The number of hydrogen-bond donors (Lipinski definition) is 1. The third-order valence-electron chi connectivity index (χ3n) is 5.14. The number of ether oxygens (including phenoxy) is 1. The average molecular weight is 340 g/mol. The highest BCUT2D eigenvalue weighted by molar-refractivity contribution is 5.84. The molecule has 0 aliphatic heterocycles. The van der Waals surface area contributed by atoms with Gasteiger partial charge in [0, 0.05) is 0 Å². The summed E-state index contributed by atoms with van der Waals surface area (Å²) in [5.41, 5.74) is 1.12. The van der Waals surface area contributed by atoms with Crippen molar-refractivity contribution in [3.63, 3.8) is 0 Å². The van der Waals surface area contributed by atoms with Gasteiger partial charge in [0.15, 0.2) is 0 Å². The van der Waals surface area contributed by atoms with E-state index in [-0.39, 0.29) is 11.9 Å². The summed E-state index contributed by atoms with van der Waals surface area (Å²) >= 11 is 0. The summed E-state index contributed by atoms with van der Waals surface area (Å²) in [6, 6.07) is 14.3. The maximum atomic E-state index is 12.1. The van der Waals surface area contributed by atoms with Gasteiger partial charge in [-0.1, -0.05) is 55.8 Å². The summed E-state index contributed by atoms with van der Waals surface area (Å²) in [4.78, 5) is 23.7. The number of carbonyl (C=O) groups is 2. The molecule has 132 valence electrons. The van der Waals surface area contributed by atoms with Crippen LogP contribution < -0.4 is 0 Å². The van der Waals surface area contributed by atoms with Gasteiger partial charge in [0.05, 0.1) is 18.4 Å². The lowest BCUT2D eigenvalue weighted by Crippen LogP contribution is -2.47. The van der Waals surface area contributed by atoms with Crippen LogP contribution >= 0.6 is 0 Å². The van der Waals surface area contributed by atoms with Gasteiger partial charge in [0.25, 0.3) is 0 Å². The molecule has 2 aromatic rings. The van der Waals surface area contributed by atoms with Crippen LogP contribution in [0.1, 0.15) is 31.7 Å². The number of benzene rings is 2. The number of carboxylic acid groups (broad SMARTS) is 1. The van der Waals surface area contributed by atoms with Crippen LogP contribution in [0.15, 0.2) is 42.5 Å². The van der Waals surface area contributed by atoms with E-state index < -0.39 is 17.8 Å². The molecular formula is C21H24O4. The minimum Gasteiger partial charge on any atom is -0.481 e. The molecule has 3 unspecified atom stereocenters. The standard InChI is InChI=1S/C21H24O4/c1-2-3-10-25-21(24)18-13-17(19(18)20(22)23)12-14-8-9-15-6-4-5-7-16(15)11-14/h4-9,11,17-19H,2-3,10,12-13H2,1H3,(H,22,23). The Morgan fingerprint density at radius 3 is 2.64 bits per heavy atom. The molecule has 1 N–H and O–H groups in total. The smallest absolute Gasteiger partial charge is 0.309 e. The van der Waals surface area contributed by atoms with Gasteiger partial charge in [0.1, 0.15) is 0 Å². The topological polar surface area (TPSA) is 63.6 Å². The Labute approximate surface area is 147 Å². The number of unbranched alkanes of at least 4 members (excludes halogenated alkanes) is 1. The summed E-state index contributed by atoms with van der Waals surface area (Å²) < 4.78 is 5.22. The first kappa shape index (κ1) is 17.5. The van der Waals surface area contributed by atoms with Crippen molar-refractivity contribution < 1.29 is 19.4 Å². The monoisotopic (exact) mass is 340 g/mol. The molecule has 1 saturated carbocycles. The molecule has 0 amide bonds. The molecule has 1 aliphatic carbocycles. The van der Waals surface area contributed by atoms with E-state index in [0.717, 1.165) is 23.8 Å². The number of fused-ring (bicyclic) bond motifs is 1. The molecule has 0 spiro atoms. The lowest BCUT2D eigenvalue weighted by atomic mass is 9.62. The Morgan fingerprint density at radius 2 is 1.92 bits per heavy atom. The van der Waals surface area contributed by atoms with Crippen LogP contribution in [0, 0.1) is 17.8 Å². The van der Waals surface area contributed by atoms with E-state index in [4.69, 9.17) is 4.74 Å². The van der Waals surface area contributed by atoms with Crippen molar-refractivity contribution in [2.24, 2.45) is 17.8 Å². The zero-order valence-corrected chi connectivity index (χ0v) is 14.5. The van der Waals surface area contributed by atoms with Crippen molar-refractivity contribution >= 4 is 22.7 Å². The quantitative estimate of drug-likeness (QED) is 0.610. The largest absolute Gasteiger partial charge is 0.481 e. The van der Waals surface area contributed by atoms with Gasteiger partial charge in [-0.15, -0.1) is 0 Å². The molecule has 2 aromatic carbocycles. The van der Waals surface area contributed by atoms with E-state index in [1.54, 1.807) is 0 Å². The van der Waals surface area contributed by atoms with Crippen LogP contribution in [0.5, 0.6) is 0 Å². The van der Waals surface area contributed by atoms with Gasteiger partial charge in [-0.2, -0.15) is 0 Å². The second-order valence-corrected chi connectivity index (χ2v) is 6.87. The summed E-state index contributed by atoms with van der Waals surface area (Å²) in [5.74, 6) is -2.40. The third kappa shape index (κ3) is 3.84. The van der Waals surface area contributed by atoms with Crippen molar-refractivity contribution in [3.8, 4) is 0 Å². The third-order valence-corrected chi connectivity index (χ3v) is 5.14. The Balaban J connectivity index is 1.66. The zero-order chi connectivity index (χ0) is 17.8. The normalized spacial score (nSPS) is 22.4. The van der Waals surface area contributed by atoms with Crippen LogP contribution in [-0.4, -0.2) is 23.7 Å². The molecule has 0 aromatic heterocycles. The van der Waals surface area contributed by atoms with Crippen LogP contribution in [0.3, 0.4) is 0 Å². The number of carbonyl (C=O) groups excluding carboxylic acids is 1. The fourth-order valence-corrected chi connectivity index (χ4v) is 3.67. The molecule has 1 fully saturated rings. The fourth-order valence-electron chi connectivity index (χ4n) is 3.67. The second kappa shape index (κ2) is 7.68. The van der Waals surface area contributed by atoms with Crippen LogP contribution in [0.4, 0.5) is 0 Å². The van der Waals surface area contributed by atoms with E-state index in [9.17, 15) is 14.7 Å². The molecule has 0 radical (unpaired) electrons. The summed E-state index contributed by atoms with van der Waals surface area (Å²) in [6.07, 6.45) is 3.04. The predicted octanol–water partition coefficient (Wildman–Crippen LogP) is 4.06. The van der Waals surface area contributed by atoms with Crippen molar-refractivity contribution in [1.29, 1.82) is 0 Å². The maximum Gasteiger partial charge on any atom is 0.309 e. The minimum absolute atomic E-state index is 0.0117. The van der Waals surface area contributed by atoms with Crippen LogP contribution in [-0.2, 0) is 20.7 Å². The summed E-state index contributed by atoms with van der Waals surface area (Å²) in [7, 11) is 0. The Kier molecular flexibility index (Phi) is 5.37. The van der Waals surface area contributed by atoms with Gasteiger partial charge >= 0.3 is 11.9 Å². The zero-order valence-electron chi connectivity index (χ0n) is 14.5. The first-order valence-electron chi connectivity index (χ1n) is 8.97. The molecular weight excluding hydrogens is 316 g/mol. The van der Waals surface area contributed by atoms with E-state index in [1.807, 2.05) is 25.1 Å². The highest BCUT2D eigenvalue weighted by atomic mass is 16.5. The van der Waals surface area contributed by atoms with E-state index in [0.29, 0.717) is 19.4 Å². The van der Waals surface area contributed by atoms with Crippen LogP contribution in [0.25, 0.3) is 10.8 Å². The number of esters is 1. The number of hydrogen-bond acceptors (Lipinski definition) is 3. The Hall–Kier alpha value is -2.36. The van der Waals surface area contributed by atoms with Crippen molar-refractivity contribution in [3.05, 3.63) is 48.0 Å². The first-order valence-corrected chi connectivity index (χ1v) is 8.97. The van der Waals surface area contributed by atoms with E-state index in [2.05, 4.69) is 24.3 Å². The van der Waals surface area contributed by atoms with E-state index in [1.165, 1.54) is 5.39 Å². The average Bonchev–Trinajstić information content (AvgIpc) is 2.57. The van der Waals surface area contributed by atoms with Gasteiger partial charge in [-0.05, 0) is 41.5 Å². The summed E-state index contributed by atoms with van der Waals surface area (Å²) in [6.45, 7) is 2.41. The molecule has 0 bridgehead atoms. The number of carboxylic acids is 1. The molecule has 3 rings (SSSR count). The SMILES string of the molecule is CCCCOC(=O)C1CC(Cc2ccc3ccccc3c2)C1C(=O)O. The fraction of sp³-hybridized carbons (Fsp3) is 0.429. The maximum absolute atomic E-state index is 12.1. The highest BCUT2D eigenvalue weighted by Gasteiger charge is 2.50.